The van der Waals surface area contributed by atoms with E-state index in [1.807, 2.05) is 0 Å². The normalized spacial score (nSPS) is 15.3. The fourth-order valence-electron chi connectivity index (χ4n) is 2.03. The number of carbonyl (C=O) groups is 2. The molecule has 2 rings (SSSR count). The Morgan fingerprint density at radius 1 is 1.53 bits per heavy atom. The first-order valence-electron chi connectivity index (χ1n) is 6.53. The molecular weight excluding hydrogens is 246 g/mol. The number of imide groups is 1. The van der Waals surface area contributed by atoms with Crippen molar-refractivity contribution in [3.05, 3.63) is 24.2 Å². The number of carbonyl (C=O) groups excluding carboxylic acids is 2. The lowest BCUT2D eigenvalue weighted by atomic mass is 10.1. The average molecular weight is 265 g/mol. The Morgan fingerprint density at radius 3 is 2.84 bits per heavy atom. The van der Waals surface area contributed by atoms with E-state index in [0.717, 1.165) is 26.1 Å². The molecule has 0 aromatic carbocycles. The lowest BCUT2D eigenvalue weighted by molar-refractivity contribution is -0.122. The highest BCUT2D eigenvalue weighted by Crippen LogP contribution is 2.06. The van der Waals surface area contributed by atoms with E-state index in [2.05, 4.69) is 22.5 Å². The molecule has 1 fully saturated rings. The molecule has 104 valence electrons. The molecule has 0 saturated carbocycles. The monoisotopic (exact) mass is 265 g/mol. The minimum Gasteiger partial charge on any atom is -0.459 e. The third-order valence-corrected chi connectivity index (χ3v) is 3.13. The van der Waals surface area contributed by atoms with Crippen molar-refractivity contribution in [2.45, 2.75) is 19.4 Å². The average Bonchev–Trinajstić information content (AvgIpc) is 2.79. The number of amides is 2. The molecule has 0 atom stereocenters. The second kappa shape index (κ2) is 6.49. The van der Waals surface area contributed by atoms with Gasteiger partial charge in [0.15, 0.2) is 5.76 Å². The lowest BCUT2D eigenvalue weighted by Gasteiger charge is -2.37. The van der Waals surface area contributed by atoms with E-state index in [9.17, 15) is 9.59 Å². The van der Waals surface area contributed by atoms with Crippen LogP contribution in [-0.2, 0) is 4.79 Å². The quantitative estimate of drug-likeness (QED) is 0.769. The van der Waals surface area contributed by atoms with Gasteiger partial charge in [0.1, 0.15) is 0 Å². The maximum atomic E-state index is 11.8. The summed E-state index contributed by atoms with van der Waals surface area (Å²) in [6.45, 7) is 4.98. The number of nitrogens with zero attached hydrogens (tertiary/aromatic N) is 1. The van der Waals surface area contributed by atoms with Gasteiger partial charge in [-0.15, -0.1) is 0 Å². The Balaban J connectivity index is 1.83. The number of nitrogens with one attached hydrogen (secondary N) is 2. The number of hydrogen-bond acceptors (Lipinski definition) is 5. The molecule has 0 spiro atoms. The van der Waals surface area contributed by atoms with Crippen molar-refractivity contribution in [1.29, 1.82) is 0 Å². The zero-order valence-corrected chi connectivity index (χ0v) is 11.0. The SMILES string of the molecule is CCCN(CC(=O)NC(=O)c1ccco1)C1CNC1. The summed E-state index contributed by atoms with van der Waals surface area (Å²) in [6, 6.07) is 3.54. The van der Waals surface area contributed by atoms with Crippen LogP contribution < -0.4 is 10.6 Å². The van der Waals surface area contributed by atoms with Gasteiger partial charge < -0.3 is 9.73 Å². The van der Waals surface area contributed by atoms with Crippen molar-refractivity contribution in [2.75, 3.05) is 26.2 Å². The highest BCUT2D eigenvalue weighted by Gasteiger charge is 2.26. The van der Waals surface area contributed by atoms with Crippen molar-refractivity contribution < 1.29 is 14.0 Å². The van der Waals surface area contributed by atoms with Crippen LogP contribution in [0.1, 0.15) is 23.9 Å². The predicted molar refractivity (Wildman–Crippen MR) is 69.7 cm³/mol. The van der Waals surface area contributed by atoms with Crippen LogP contribution in [0.15, 0.2) is 22.8 Å². The van der Waals surface area contributed by atoms with Gasteiger partial charge in [0, 0.05) is 19.1 Å². The summed E-state index contributed by atoms with van der Waals surface area (Å²) in [5.41, 5.74) is 0. The van der Waals surface area contributed by atoms with Crippen molar-refractivity contribution in [3.8, 4) is 0 Å². The molecule has 2 heterocycles. The lowest BCUT2D eigenvalue weighted by Crippen LogP contribution is -2.59. The maximum Gasteiger partial charge on any atom is 0.293 e. The van der Waals surface area contributed by atoms with E-state index in [4.69, 9.17) is 4.42 Å². The summed E-state index contributed by atoms with van der Waals surface area (Å²) >= 11 is 0. The maximum absolute atomic E-state index is 11.8. The summed E-state index contributed by atoms with van der Waals surface area (Å²) in [6.07, 6.45) is 2.39. The fourth-order valence-corrected chi connectivity index (χ4v) is 2.03. The Hall–Kier alpha value is -1.66. The van der Waals surface area contributed by atoms with Gasteiger partial charge in [0.05, 0.1) is 12.8 Å². The van der Waals surface area contributed by atoms with Crippen LogP contribution in [0.5, 0.6) is 0 Å². The van der Waals surface area contributed by atoms with Crippen molar-refractivity contribution in [3.63, 3.8) is 0 Å². The van der Waals surface area contributed by atoms with Gasteiger partial charge in [0.25, 0.3) is 5.91 Å². The third kappa shape index (κ3) is 3.65. The molecule has 0 aliphatic carbocycles. The minimum atomic E-state index is -0.488. The van der Waals surface area contributed by atoms with Crippen LogP contribution in [0.3, 0.4) is 0 Å². The molecule has 19 heavy (non-hydrogen) atoms. The Kier molecular flexibility index (Phi) is 4.70. The van der Waals surface area contributed by atoms with Gasteiger partial charge in [-0.05, 0) is 25.1 Å². The summed E-state index contributed by atoms with van der Waals surface area (Å²) in [5, 5.41) is 5.52. The molecule has 2 amide bonds. The smallest absolute Gasteiger partial charge is 0.293 e. The highest BCUT2D eigenvalue weighted by atomic mass is 16.3. The molecule has 2 N–H and O–H groups in total. The van der Waals surface area contributed by atoms with Gasteiger partial charge in [-0.3, -0.25) is 19.8 Å². The topological polar surface area (TPSA) is 74.6 Å². The van der Waals surface area contributed by atoms with Crippen LogP contribution in [0.2, 0.25) is 0 Å². The number of furan rings is 1. The molecule has 1 saturated heterocycles. The molecule has 0 unspecified atom stereocenters. The largest absolute Gasteiger partial charge is 0.459 e. The molecule has 1 aliphatic rings. The number of rotatable bonds is 6. The standard InChI is InChI=1S/C13H19N3O3/c1-2-5-16(10-7-14-8-10)9-12(17)15-13(18)11-4-3-6-19-11/h3-4,6,10,14H,2,5,7-9H2,1H3,(H,15,17,18). The molecular formula is C13H19N3O3. The second-order valence-electron chi connectivity index (χ2n) is 4.64. The van der Waals surface area contributed by atoms with Gasteiger partial charge in [-0.25, -0.2) is 0 Å². The van der Waals surface area contributed by atoms with E-state index in [0.29, 0.717) is 6.04 Å². The fraction of sp³-hybridized carbons (Fsp3) is 0.538. The van der Waals surface area contributed by atoms with Crippen molar-refractivity contribution in [1.82, 2.24) is 15.5 Å². The van der Waals surface area contributed by atoms with Crippen molar-refractivity contribution >= 4 is 11.8 Å². The summed E-state index contributed by atoms with van der Waals surface area (Å²) < 4.78 is 4.94. The zero-order chi connectivity index (χ0) is 13.7. The molecule has 1 aliphatic heterocycles. The second-order valence-corrected chi connectivity index (χ2v) is 4.64. The van der Waals surface area contributed by atoms with Gasteiger partial charge in [0.2, 0.25) is 5.91 Å². The van der Waals surface area contributed by atoms with Crippen molar-refractivity contribution in [2.24, 2.45) is 0 Å². The molecule has 0 bridgehead atoms. The summed E-state index contributed by atoms with van der Waals surface area (Å²) in [5.74, 6) is -0.624. The highest BCUT2D eigenvalue weighted by molar-refractivity contribution is 6.03. The molecule has 6 heteroatoms. The van der Waals surface area contributed by atoms with Gasteiger partial charge >= 0.3 is 0 Å². The summed E-state index contributed by atoms with van der Waals surface area (Å²) in [4.78, 5) is 25.6. The van der Waals surface area contributed by atoms with E-state index < -0.39 is 5.91 Å². The summed E-state index contributed by atoms with van der Waals surface area (Å²) in [7, 11) is 0. The van der Waals surface area contributed by atoms with Crippen LogP contribution in [0, 0.1) is 0 Å². The van der Waals surface area contributed by atoms with E-state index in [1.54, 1.807) is 6.07 Å². The Bertz CT molecular complexity index is 426. The van der Waals surface area contributed by atoms with Gasteiger partial charge in [-0.2, -0.15) is 0 Å². The Labute approximate surface area is 112 Å². The van der Waals surface area contributed by atoms with Crippen LogP contribution in [-0.4, -0.2) is 48.9 Å². The molecule has 6 nitrogen and oxygen atoms in total. The zero-order valence-electron chi connectivity index (χ0n) is 11.0. The van der Waals surface area contributed by atoms with Crippen LogP contribution in [0.25, 0.3) is 0 Å². The molecule has 1 aromatic heterocycles. The Morgan fingerprint density at radius 2 is 2.32 bits per heavy atom. The first-order chi connectivity index (χ1) is 9.20. The third-order valence-electron chi connectivity index (χ3n) is 3.13. The minimum absolute atomic E-state index is 0.153. The molecule has 1 aromatic rings. The number of hydrogen-bond donors (Lipinski definition) is 2. The first-order valence-corrected chi connectivity index (χ1v) is 6.53. The van der Waals surface area contributed by atoms with Crippen LogP contribution in [0.4, 0.5) is 0 Å². The molecule has 0 radical (unpaired) electrons. The van der Waals surface area contributed by atoms with E-state index in [1.165, 1.54) is 12.3 Å². The van der Waals surface area contributed by atoms with E-state index in [-0.39, 0.29) is 18.2 Å². The van der Waals surface area contributed by atoms with Crippen LogP contribution >= 0.6 is 0 Å². The van der Waals surface area contributed by atoms with E-state index >= 15 is 0 Å². The van der Waals surface area contributed by atoms with Gasteiger partial charge in [-0.1, -0.05) is 6.92 Å². The first kappa shape index (κ1) is 13.8. The predicted octanol–water partition coefficient (Wildman–Crippen LogP) is 0.220.